The molecule has 1 heterocycles. The number of aromatic nitrogens is 1. The molecule has 0 atom stereocenters. The molecule has 2 nitrogen and oxygen atoms in total. The van der Waals surface area contributed by atoms with E-state index in [9.17, 15) is 0 Å². The lowest BCUT2D eigenvalue weighted by Crippen LogP contribution is -1.74. The Morgan fingerprint density at radius 1 is 1.71 bits per heavy atom. The molecule has 3 heteroatoms. The third-order valence-electron chi connectivity index (χ3n) is 0.700. The number of aromatic amines is 1. The normalized spacial score (nSPS) is 8.71. The minimum absolute atomic E-state index is 0.821. The Labute approximate surface area is 46.6 Å². The molecule has 0 bridgehead atoms. The van der Waals surface area contributed by atoms with Crippen LogP contribution in [0.5, 0.6) is 0 Å². The van der Waals surface area contributed by atoms with Gasteiger partial charge in [-0.25, -0.2) is 0 Å². The SMILES string of the molecule is ClNc1ccc[nH]1. The van der Waals surface area contributed by atoms with Crippen LogP contribution < -0.4 is 4.84 Å². The molecule has 38 valence electrons. The molecule has 0 aliphatic carbocycles. The van der Waals surface area contributed by atoms with Crippen LogP contribution >= 0.6 is 11.8 Å². The Morgan fingerprint density at radius 3 is 2.86 bits per heavy atom. The fourth-order valence-corrected chi connectivity index (χ4v) is 0.507. The van der Waals surface area contributed by atoms with Crippen molar-refractivity contribution in [2.24, 2.45) is 0 Å². The summed E-state index contributed by atoms with van der Waals surface area (Å²) >= 11 is 5.19. The number of halogens is 1. The zero-order valence-corrected chi connectivity index (χ0v) is 4.37. The van der Waals surface area contributed by atoms with E-state index in [0.717, 1.165) is 5.82 Å². The van der Waals surface area contributed by atoms with Crippen molar-refractivity contribution in [2.45, 2.75) is 0 Å². The molecule has 1 aromatic heterocycles. The average molecular weight is 117 g/mol. The molecule has 0 saturated heterocycles. The molecule has 2 N–H and O–H groups in total. The zero-order chi connectivity index (χ0) is 5.11. The fourth-order valence-electron chi connectivity index (χ4n) is 0.389. The summed E-state index contributed by atoms with van der Waals surface area (Å²) < 4.78 is 0. The Bertz CT molecular complexity index is 124. The lowest BCUT2D eigenvalue weighted by molar-refractivity contribution is 1.41. The van der Waals surface area contributed by atoms with E-state index in [-0.39, 0.29) is 0 Å². The molecule has 0 fully saturated rings. The van der Waals surface area contributed by atoms with Gasteiger partial charge in [0.15, 0.2) is 0 Å². The molecule has 0 saturated carbocycles. The summed E-state index contributed by atoms with van der Waals surface area (Å²) in [5.74, 6) is 0.821. The van der Waals surface area contributed by atoms with Crippen molar-refractivity contribution in [1.82, 2.24) is 4.98 Å². The summed E-state index contributed by atoms with van der Waals surface area (Å²) in [6.45, 7) is 0. The Morgan fingerprint density at radius 2 is 2.57 bits per heavy atom. The van der Waals surface area contributed by atoms with Crippen LogP contribution in [0, 0.1) is 0 Å². The first-order valence-corrected chi connectivity index (χ1v) is 2.31. The molecule has 0 radical (unpaired) electrons. The van der Waals surface area contributed by atoms with Crippen LogP contribution in [0.15, 0.2) is 18.3 Å². The second-order valence-electron chi connectivity index (χ2n) is 1.18. The largest absolute Gasteiger partial charge is 0.348 e. The molecule has 7 heavy (non-hydrogen) atoms. The van der Waals surface area contributed by atoms with Gasteiger partial charge in [-0.3, -0.25) is 4.84 Å². The van der Waals surface area contributed by atoms with E-state index in [2.05, 4.69) is 9.82 Å². The third kappa shape index (κ3) is 0.871. The van der Waals surface area contributed by atoms with Crippen LogP contribution in [0.3, 0.4) is 0 Å². The van der Waals surface area contributed by atoms with Crippen molar-refractivity contribution in [3.05, 3.63) is 18.3 Å². The van der Waals surface area contributed by atoms with Gasteiger partial charge in [0, 0.05) is 18.0 Å². The van der Waals surface area contributed by atoms with Gasteiger partial charge in [-0.05, 0) is 12.1 Å². The van der Waals surface area contributed by atoms with Crippen LogP contribution in [0.2, 0.25) is 0 Å². The number of anilines is 1. The molecule has 0 amide bonds. The maximum Gasteiger partial charge on any atom is 0.117 e. The van der Waals surface area contributed by atoms with Gasteiger partial charge in [0.05, 0.1) is 0 Å². The number of nitrogens with one attached hydrogen (secondary N) is 2. The minimum atomic E-state index is 0.821. The van der Waals surface area contributed by atoms with Crippen LogP contribution in [0.25, 0.3) is 0 Å². The van der Waals surface area contributed by atoms with Crippen molar-refractivity contribution in [2.75, 3.05) is 4.84 Å². The highest BCUT2D eigenvalue weighted by Crippen LogP contribution is 2.00. The van der Waals surface area contributed by atoms with Crippen molar-refractivity contribution in [3.8, 4) is 0 Å². The molecule has 0 aliphatic heterocycles. The molecular formula is C4H5ClN2. The van der Waals surface area contributed by atoms with Crippen molar-refractivity contribution in [3.63, 3.8) is 0 Å². The molecule has 0 aromatic carbocycles. The first kappa shape index (κ1) is 4.53. The van der Waals surface area contributed by atoms with Gasteiger partial charge in [0.1, 0.15) is 5.82 Å². The van der Waals surface area contributed by atoms with Crippen LogP contribution in [-0.4, -0.2) is 4.98 Å². The van der Waals surface area contributed by atoms with E-state index in [1.54, 1.807) is 6.20 Å². The summed E-state index contributed by atoms with van der Waals surface area (Å²) in [4.78, 5) is 5.27. The molecule has 1 aromatic rings. The predicted octanol–water partition coefficient (Wildman–Crippen LogP) is 1.58. The highest BCUT2D eigenvalue weighted by molar-refractivity contribution is 6.23. The summed E-state index contributed by atoms with van der Waals surface area (Å²) in [6, 6.07) is 3.71. The number of hydrogen-bond donors (Lipinski definition) is 2. The summed E-state index contributed by atoms with van der Waals surface area (Å²) in [5, 5.41) is 0. The lowest BCUT2D eigenvalue weighted by Gasteiger charge is -1.84. The average Bonchev–Trinajstić information content (AvgIpc) is 2.14. The van der Waals surface area contributed by atoms with E-state index in [4.69, 9.17) is 11.8 Å². The molecule has 0 unspecified atom stereocenters. The third-order valence-corrected chi connectivity index (χ3v) is 0.903. The van der Waals surface area contributed by atoms with Crippen LogP contribution in [0.4, 0.5) is 5.82 Å². The topological polar surface area (TPSA) is 27.8 Å². The second-order valence-corrected chi connectivity index (χ2v) is 1.37. The smallest absolute Gasteiger partial charge is 0.117 e. The van der Waals surface area contributed by atoms with Crippen molar-refractivity contribution < 1.29 is 0 Å². The van der Waals surface area contributed by atoms with Crippen molar-refractivity contribution >= 4 is 17.6 Å². The fraction of sp³-hybridized carbons (Fsp3) is 0. The van der Waals surface area contributed by atoms with Gasteiger partial charge in [0.25, 0.3) is 0 Å². The van der Waals surface area contributed by atoms with Gasteiger partial charge in [0.2, 0.25) is 0 Å². The van der Waals surface area contributed by atoms with E-state index >= 15 is 0 Å². The number of hydrogen-bond acceptors (Lipinski definition) is 1. The van der Waals surface area contributed by atoms with Crippen molar-refractivity contribution in [1.29, 1.82) is 0 Å². The quantitative estimate of drug-likeness (QED) is 0.536. The summed E-state index contributed by atoms with van der Waals surface area (Å²) in [5.41, 5.74) is 0. The number of H-pyrrole nitrogens is 1. The lowest BCUT2D eigenvalue weighted by atomic mass is 10.6. The molecule has 0 spiro atoms. The van der Waals surface area contributed by atoms with E-state index in [0.29, 0.717) is 0 Å². The highest BCUT2D eigenvalue weighted by atomic mass is 35.5. The summed E-state index contributed by atoms with van der Waals surface area (Å²) in [6.07, 6.45) is 1.80. The summed E-state index contributed by atoms with van der Waals surface area (Å²) in [7, 11) is 0. The molecule has 0 aliphatic rings. The second kappa shape index (κ2) is 1.89. The Hall–Kier alpha value is -0.630. The van der Waals surface area contributed by atoms with Gasteiger partial charge >= 0.3 is 0 Å². The van der Waals surface area contributed by atoms with E-state index in [1.165, 1.54) is 0 Å². The highest BCUT2D eigenvalue weighted by Gasteiger charge is 1.80. The monoisotopic (exact) mass is 116 g/mol. The van der Waals surface area contributed by atoms with Gasteiger partial charge in [-0.15, -0.1) is 0 Å². The first-order chi connectivity index (χ1) is 3.43. The molecule has 1 rings (SSSR count). The Kier molecular flexibility index (Phi) is 1.22. The first-order valence-electron chi connectivity index (χ1n) is 1.93. The van der Waals surface area contributed by atoms with Crippen LogP contribution in [-0.2, 0) is 0 Å². The van der Waals surface area contributed by atoms with E-state index < -0.39 is 0 Å². The van der Waals surface area contributed by atoms with Gasteiger partial charge in [-0.1, -0.05) is 0 Å². The molecular weight excluding hydrogens is 112 g/mol. The maximum absolute atomic E-state index is 5.19. The minimum Gasteiger partial charge on any atom is -0.348 e. The number of rotatable bonds is 1. The Balaban J connectivity index is 2.76. The van der Waals surface area contributed by atoms with Gasteiger partial charge < -0.3 is 4.98 Å². The van der Waals surface area contributed by atoms with E-state index in [1.807, 2.05) is 12.1 Å². The van der Waals surface area contributed by atoms with Crippen LogP contribution in [0.1, 0.15) is 0 Å². The predicted molar refractivity (Wildman–Crippen MR) is 30.3 cm³/mol. The zero-order valence-electron chi connectivity index (χ0n) is 3.61. The standard InChI is InChI=1S/C4H5ClN2/c5-7-4-2-1-3-6-4/h1-3,6-7H. The van der Waals surface area contributed by atoms with Gasteiger partial charge in [-0.2, -0.15) is 0 Å². The maximum atomic E-state index is 5.19.